The van der Waals surface area contributed by atoms with E-state index in [9.17, 15) is 9.59 Å². The number of para-hydroxylation sites is 1. The van der Waals surface area contributed by atoms with Gasteiger partial charge in [-0.1, -0.05) is 18.2 Å². The average molecular weight is 353 g/mol. The molecule has 1 N–H and O–H groups in total. The van der Waals surface area contributed by atoms with Crippen molar-refractivity contribution < 1.29 is 9.59 Å². The largest absolute Gasteiger partial charge is 0.373 e. The number of carbonyl (C=O) groups excluding carboxylic acids is 2. The maximum atomic E-state index is 13.2. The van der Waals surface area contributed by atoms with Crippen LogP contribution in [0.5, 0.6) is 0 Å². The summed E-state index contributed by atoms with van der Waals surface area (Å²) in [6, 6.07) is 8.09. The Kier molecular flexibility index (Phi) is 5.01. The third-order valence-corrected chi connectivity index (χ3v) is 5.46. The normalized spacial score (nSPS) is 16.1. The fraction of sp³-hybridized carbons (Fsp3) is 0.429. The molecule has 0 bridgehead atoms. The topological polar surface area (TPSA) is 56.4 Å². The second-order valence-corrected chi connectivity index (χ2v) is 7.24. The van der Waals surface area contributed by atoms with E-state index < -0.39 is 0 Å². The van der Waals surface area contributed by atoms with Crippen LogP contribution in [-0.2, 0) is 6.54 Å². The number of aromatic nitrogens is 1. The van der Waals surface area contributed by atoms with Crippen molar-refractivity contribution in [3.05, 3.63) is 52.3 Å². The standard InChI is InChI=1S/C21H27N3O2/c1-13-19(16(4)25)14(2)22-20(13)21(26)15(3)24-11-10-23(5)18-9-7-6-8-17(18)12-24/h6-9,15,22H,10-12H2,1-5H3. The van der Waals surface area contributed by atoms with Crippen LogP contribution in [0.2, 0.25) is 0 Å². The fourth-order valence-corrected chi connectivity index (χ4v) is 3.94. The smallest absolute Gasteiger partial charge is 0.196 e. The first kappa shape index (κ1) is 18.4. The highest BCUT2D eigenvalue weighted by Crippen LogP contribution is 2.26. The summed E-state index contributed by atoms with van der Waals surface area (Å²) in [7, 11) is 2.09. The van der Waals surface area contributed by atoms with E-state index in [-0.39, 0.29) is 17.6 Å². The lowest BCUT2D eigenvalue weighted by Gasteiger charge is -2.26. The molecule has 3 rings (SSSR count). The van der Waals surface area contributed by atoms with Crippen LogP contribution in [0, 0.1) is 13.8 Å². The van der Waals surface area contributed by atoms with E-state index in [1.807, 2.05) is 32.9 Å². The molecule has 0 fully saturated rings. The van der Waals surface area contributed by atoms with Crippen molar-refractivity contribution >= 4 is 17.3 Å². The van der Waals surface area contributed by atoms with Crippen LogP contribution in [0.15, 0.2) is 24.3 Å². The molecule has 138 valence electrons. The van der Waals surface area contributed by atoms with E-state index in [0.29, 0.717) is 11.3 Å². The number of nitrogens with one attached hydrogen (secondary N) is 1. The molecule has 1 unspecified atom stereocenters. The molecule has 0 radical (unpaired) electrons. The number of nitrogens with zero attached hydrogens (tertiary/aromatic N) is 2. The maximum absolute atomic E-state index is 13.2. The predicted octanol–water partition coefficient (Wildman–Crippen LogP) is 3.36. The summed E-state index contributed by atoms with van der Waals surface area (Å²) in [5.74, 6) is 0.0356. The molecule has 0 saturated carbocycles. The van der Waals surface area contributed by atoms with Crippen LogP contribution >= 0.6 is 0 Å². The van der Waals surface area contributed by atoms with E-state index in [2.05, 4.69) is 34.0 Å². The van der Waals surface area contributed by atoms with Gasteiger partial charge in [0.05, 0.1) is 11.7 Å². The van der Waals surface area contributed by atoms with Gasteiger partial charge in [-0.05, 0) is 44.9 Å². The van der Waals surface area contributed by atoms with Crippen LogP contribution in [0.4, 0.5) is 5.69 Å². The quantitative estimate of drug-likeness (QED) is 0.857. The fourth-order valence-electron chi connectivity index (χ4n) is 3.94. The number of Topliss-reactive ketones (excluding diaryl/α,β-unsaturated/α-hetero) is 2. The lowest BCUT2D eigenvalue weighted by molar-refractivity contribution is 0.0829. The second kappa shape index (κ2) is 7.08. The van der Waals surface area contributed by atoms with Gasteiger partial charge < -0.3 is 9.88 Å². The zero-order valence-electron chi connectivity index (χ0n) is 16.2. The predicted molar refractivity (Wildman–Crippen MR) is 104 cm³/mol. The molecule has 2 aromatic rings. The molecule has 26 heavy (non-hydrogen) atoms. The van der Waals surface area contributed by atoms with E-state index in [4.69, 9.17) is 0 Å². The Labute approximate surface area is 155 Å². The van der Waals surface area contributed by atoms with Gasteiger partial charge in [-0.2, -0.15) is 0 Å². The number of anilines is 1. The van der Waals surface area contributed by atoms with Crippen LogP contribution in [0.25, 0.3) is 0 Å². The van der Waals surface area contributed by atoms with Crippen molar-refractivity contribution in [2.45, 2.75) is 40.3 Å². The number of carbonyl (C=O) groups is 2. The number of ketones is 2. The lowest BCUT2D eigenvalue weighted by atomic mass is 10.0. The Bertz CT molecular complexity index is 853. The Morgan fingerprint density at radius 3 is 2.50 bits per heavy atom. The van der Waals surface area contributed by atoms with Gasteiger partial charge >= 0.3 is 0 Å². The number of H-pyrrole nitrogens is 1. The Balaban J connectivity index is 1.88. The summed E-state index contributed by atoms with van der Waals surface area (Å²) in [4.78, 5) is 32.6. The molecular weight excluding hydrogens is 326 g/mol. The van der Waals surface area contributed by atoms with Gasteiger partial charge in [-0.25, -0.2) is 0 Å². The molecule has 1 aliphatic heterocycles. The number of benzene rings is 1. The summed E-state index contributed by atoms with van der Waals surface area (Å²) in [6.07, 6.45) is 0. The molecule has 0 aliphatic carbocycles. The summed E-state index contributed by atoms with van der Waals surface area (Å²) < 4.78 is 0. The van der Waals surface area contributed by atoms with Crippen LogP contribution in [0.1, 0.15) is 51.5 Å². The van der Waals surface area contributed by atoms with Gasteiger partial charge in [0.25, 0.3) is 0 Å². The number of hydrogen-bond acceptors (Lipinski definition) is 4. The Hall–Kier alpha value is -2.40. The molecular formula is C21H27N3O2. The van der Waals surface area contributed by atoms with E-state index in [1.165, 1.54) is 11.3 Å². The zero-order valence-corrected chi connectivity index (χ0v) is 16.2. The zero-order chi connectivity index (χ0) is 19.0. The Morgan fingerprint density at radius 2 is 1.85 bits per heavy atom. The average Bonchev–Trinajstić information content (AvgIpc) is 2.80. The molecule has 1 aliphatic rings. The summed E-state index contributed by atoms with van der Waals surface area (Å²) >= 11 is 0. The molecule has 0 saturated heterocycles. The van der Waals surface area contributed by atoms with Gasteiger partial charge in [0.15, 0.2) is 11.6 Å². The summed E-state index contributed by atoms with van der Waals surface area (Å²) in [6.45, 7) is 9.63. The third-order valence-electron chi connectivity index (χ3n) is 5.46. The monoisotopic (exact) mass is 353 g/mol. The highest BCUT2D eigenvalue weighted by atomic mass is 16.1. The minimum Gasteiger partial charge on any atom is -0.373 e. The molecule has 1 aromatic carbocycles. The van der Waals surface area contributed by atoms with Crippen molar-refractivity contribution in [3.8, 4) is 0 Å². The number of aryl methyl sites for hydroxylation is 1. The van der Waals surface area contributed by atoms with Crippen molar-refractivity contribution in [1.82, 2.24) is 9.88 Å². The van der Waals surface area contributed by atoms with Gasteiger partial charge in [-0.3, -0.25) is 14.5 Å². The van der Waals surface area contributed by atoms with Crippen LogP contribution in [0.3, 0.4) is 0 Å². The van der Waals surface area contributed by atoms with E-state index in [0.717, 1.165) is 30.9 Å². The molecule has 5 heteroatoms. The molecule has 2 heterocycles. The van der Waals surface area contributed by atoms with Gasteiger partial charge in [0.2, 0.25) is 0 Å². The molecule has 1 atom stereocenters. The number of likely N-dealkylation sites (N-methyl/N-ethyl adjacent to an activating group) is 1. The molecule has 1 aromatic heterocycles. The van der Waals surface area contributed by atoms with Crippen LogP contribution in [-0.4, -0.2) is 47.6 Å². The number of aromatic amines is 1. The third kappa shape index (κ3) is 3.19. The summed E-state index contributed by atoms with van der Waals surface area (Å²) in [5, 5.41) is 0. The summed E-state index contributed by atoms with van der Waals surface area (Å²) in [5.41, 5.74) is 5.19. The van der Waals surface area contributed by atoms with Gasteiger partial charge in [0, 0.05) is 43.6 Å². The van der Waals surface area contributed by atoms with Gasteiger partial charge in [0.1, 0.15) is 0 Å². The van der Waals surface area contributed by atoms with E-state index in [1.54, 1.807) is 6.92 Å². The minimum atomic E-state index is -0.258. The molecule has 5 nitrogen and oxygen atoms in total. The highest BCUT2D eigenvalue weighted by molar-refractivity contribution is 6.05. The van der Waals surface area contributed by atoms with Crippen molar-refractivity contribution in [2.75, 3.05) is 25.0 Å². The lowest BCUT2D eigenvalue weighted by Crippen LogP contribution is -2.41. The first-order chi connectivity index (χ1) is 12.3. The molecule has 0 amide bonds. The number of fused-ring (bicyclic) bond motifs is 1. The van der Waals surface area contributed by atoms with Gasteiger partial charge in [-0.15, -0.1) is 0 Å². The first-order valence-corrected chi connectivity index (χ1v) is 9.08. The van der Waals surface area contributed by atoms with Crippen molar-refractivity contribution in [2.24, 2.45) is 0 Å². The number of hydrogen-bond donors (Lipinski definition) is 1. The SMILES string of the molecule is CC(=O)c1c(C)[nH]c(C(=O)C(C)N2CCN(C)c3ccccc3C2)c1C. The highest BCUT2D eigenvalue weighted by Gasteiger charge is 2.29. The minimum absolute atomic E-state index is 0.00622. The van der Waals surface area contributed by atoms with E-state index >= 15 is 0 Å². The Morgan fingerprint density at radius 1 is 1.15 bits per heavy atom. The number of rotatable bonds is 4. The van der Waals surface area contributed by atoms with Crippen molar-refractivity contribution in [1.29, 1.82) is 0 Å². The first-order valence-electron chi connectivity index (χ1n) is 9.08. The van der Waals surface area contributed by atoms with Crippen LogP contribution < -0.4 is 4.90 Å². The molecule has 0 spiro atoms. The second-order valence-electron chi connectivity index (χ2n) is 7.24. The van der Waals surface area contributed by atoms with Crippen molar-refractivity contribution in [3.63, 3.8) is 0 Å². The maximum Gasteiger partial charge on any atom is 0.196 e.